The summed E-state index contributed by atoms with van der Waals surface area (Å²) in [5.74, 6) is -1.66. The van der Waals surface area contributed by atoms with Crippen LogP contribution in [-0.4, -0.2) is 53.1 Å². The summed E-state index contributed by atoms with van der Waals surface area (Å²) in [7, 11) is 1.50. The Hall–Kier alpha value is -4.22. The molecule has 1 saturated heterocycles. The number of rotatable bonds is 7. The van der Waals surface area contributed by atoms with E-state index in [0.717, 1.165) is 31.7 Å². The molecule has 2 fully saturated rings. The number of aromatic nitrogens is 1. The van der Waals surface area contributed by atoms with E-state index in [1.54, 1.807) is 30.3 Å². The minimum atomic E-state index is -0.913. The zero-order chi connectivity index (χ0) is 29.8. The second kappa shape index (κ2) is 12.7. The van der Waals surface area contributed by atoms with Gasteiger partial charge < -0.3 is 25.6 Å². The number of carbonyl (C=O) groups excluding carboxylic acids is 3. The second-order valence-electron chi connectivity index (χ2n) is 10.4. The molecule has 0 radical (unpaired) electrons. The molecule has 42 heavy (non-hydrogen) atoms. The van der Waals surface area contributed by atoms with Gasteiger partial charge in [-0.3, -0.25) is 19.0 Å². The number of urea groups is 1. The topological polar surface area (TPSA) is 122 Å². The Morgan fingerprint density at radius 3 is 2.36 bits per heavy atom. The third kappa shape index (κ3) is 6.47. The number of benzene rings is 2. The Balaban J connectivity index is 1.29. The number of amides is 4. The fraction of sp³-hybridized carbons (Fsp3) is 0.333. The molecule has 2 heterocycles. The van der Waals surface area contributed by atoms with E-state index in [0.29, 0.717) is 10.7 Å². The highest BCUT2D eigenvalue weighted by Gasteiger charge is 2.40. The number of nitrogens with one attached hydrogen (secondary N) is 3. The van der Waals surface area contributed by atoms with Gasteiger partial charge in [0.1, 0.15) is 17.5 Å². The van der Waals surface area contributed by atoms with Gasteiger partial charge in [-0.2, -0.15) is 0 Å². The van der Waals surface area contributed by atoms with Crippen molar-refractivity contribution in [3.05, 3.63) is 82.0 Å². The smallest absolute Gasteiger partial charge is 0.322 e. The first-order valence-corrected chi connectivity index (χ1v) is 14.1. The molecule has 3 aromatic rings. The van der Waals surface area contributed by atoms with Crippen LogP contribution in [0.15, 0.2) is 65.6 Å². The lowest BCUT2D eigenvalue weighted by atomic mass is 10.1. The van der Waals surface area contributed by atoms with Gasteiger partial charge in [0, 0.05) is 49.0 Å². The van der Waals surface area contributed by atoms with Gasteiger partial charge in [-0.15, -0.1) is 0 Å². The first-order valence-electron chi connectivity index (χ1n) is 13.7. The van der Waals surface area contributed by atoms with E-state index >= 15 is 4.39 Å². The number of likely N-dealkylation sites (tertiary alicyclic amines) is 1. The maximum absolute atomic E-state index is 15.2. The van der Waals surface area contributed by atoms with Gasteiger partial charge in [-0.1, -0.05) is 24.4 Å². The van der Waals surface area contributed by atoms with Gasteiger partial charge in [-0.25, -0.2) is 9.18 Å². The normalized spacial score (nSPS) is 18.6. The van der Waals surface area contributed by atoms with Gasteiger partial charge in [0.25, 0.3) is 5.56 Å². The van der Waals surface area contributed by atoms with Crippen LogP contribution in [0.1, 0.15) is 32.1 Å². The lowest BCUT2D eigenvalue weighted by Gasteiger charge is -2.24. The number of ether oxygens (including phenoxy) is 1. The molecule has 5 rings (SSSR count). The summed E-state index contributed by atoms with van der Waals surface area (Å²) in [6.07, 6.45) is 4.89. The highest BCUT2D eigenvalue weighted by Crippen LogP contribution is 2.27. The van der Waals surface area contributed by atoms with Crippen molar-refractivity contribution in [1.29, 1.82) is 0 Å². The van der Waals surface area contributed by atoms with E-state index < -0.39 is 29.4 Å². The molecule has 0 spiro atoms. The molecular weight excluding hydrogens is 565 g/mol. The molecule has 2 aromatic carbocycles. The predicted molar refractivity (Wildman–Crippen MR) is 158 cm³/mol. The van der Waals surface area contributed by atoms with E-state index in [1.165, 1.54) is 41.0 Å². The largest absolute Gasteiger partial charge is 0.380 e. The third-order valence-electron chi connectivity index (χ3n) is 7.67. The quantitative estimate of drug-likeness (QED) is 0.354. The number of methoxy groups -OCH3 is 1. The van der Waals surface area contributed by atoms with Gasteiger partial charge >= 0.3 is 6.03 Å². The van der Waals surface area contributed by atoms with Crippen molar-refractivity contribution in [2.45, 2.75) is 44.2 Å². The average Bonchev–Trinajstić information content (AvgIpc) is 3.67. The van der Waals surface area contributed by atoms with Crippen LogP contribution in [0, 0.1) is 11.7 Å². The molecule has 3 N–H and O–H groups in total. The fourth-order valence-electron chi connectivity index (χ4n) is 5.36. The molecule has 0 unspecified atom stereocenters. The maximum atomic E-state index is 15.2. The molecule has 1 aliphatic carbocycles. The number of halogens is 2. The molecule has 220 valence electrons. The molecule has 1 aromatic heterocycles. The van der Waals surface area contributed by atoms with Crippen LogP contribution in [0.4, 0.5) is 26.2 Å². The van der Waals surface area contributed by atoms with Crippen LogP contribution < -0.4 is 21.5 Å². The highest BCUT2D eigenvalue weighted by molar-refractivity contribution is 6.30. The van der Waals surface area contributed by atoms with E-state index in [9.17, 15) is 19.2 Å². The number of carbonyl (C=O) groups is 3. The first-order chi connectivity index (χ1) is 20.2. The highest BCUT2D eigenvalue weighted by atomic mass is 35.5. The Kier molecular flexibility index (Phi) is 8.89. The minimum absolute atomic E-state index is 0.109. The van der Waals surface area contributed by atoms with Gasteiger partial charge in [0.15, 0.2) is 0 Å². The molecule has 1 aliphatic heterocycles. The maximum Gasteiger partial charge on any atom is 0.322 e. The summed E-state index contributed by atoms with van der Waals surface area (Å²) in [5.41, 5.74) is 0.221. The summed E-state index contributed by atoms with van der Waals surface area (Å²) in [6, 6.07) is 12.2. The van der Waals surface area contributed by atoms with Crippen LogP contribution in [0.25, 0.3) is 5.69 Å². The van der Waals surface area contributed by atoms with Crippen molar-refractivity contribution in [2.75, 3.05) is 29.6 Å². The zero-order valence-electron chi connectivity index (χ0n) is 22.9. The first kappa shape index (κ1) is 29.3. The summed E-state index contributed by atoms with van der Waals surface area (Å²) in [4.78, 5) is 53.2. The van der Waals surface area contributed by atoms with E-state index in [4.69, 9.17) is 16.3 Å². The Morgan fingerprint density at radius 2 is 1.67 bits per heavy atom. The Morgan fingerprint density at radius 1 is 0.952 bits per heavy atom. The number of hydrogen-bond donors (Lipinski definition) is 3. The van der Waals surface area contributed by atoms with Gasteiger partial charge in [0.2, 0.25) is 11.8 Å². The van der Waals surface area contributed by atoms with Gasteiger partial charge in [0.05, 0.1) is 17.5 Å². The van der Waals surface area contributed by atoms with Crippen LogP contribution >= 0.6 is 11.6 Å². The van der Waals surface area contributed by atoms with Crippen LogP contribution in [-0.2, 0) is 14.3 Å². The zero-order valence-corrected chi connectivity index (χ0v) is 23.7. The van der Waals surface area contributed by atoms with Crippen molar-refractivity contribution < 1.29 is 23.5 Å². The summed E-state index contributed by atoms with van der Waals surface area (Å²) < 4.78 is 21.8. The van der Waals surface area contributed by atoms with Crippen molar-refractivity contribution in [3.63, 3.8) is 0 Å². The summed E-state index contributed by atoms with van der Waals surface area (Å²) in [5, 5.41) is 8.53. The third-order valence-corrected chi connectivity index (χ3v) is 7.93. The van der Waals surface area contributed by atoms with Crippen molar-refractivity contribution in [1.82, 2.24) is 9.47 Å². The molecule has 4 amide bonds. The summed E-state index contributed by atoms with van der Waals surface area (Å²) >= 11 is 5.91. The van der Waals surface area contributed by atoms with Crippen molar-refractivity contribution >= 4 is 46.5 Å². The van der Waals surface area contributed by atoms with Crippen LogP contribution in [0.3, 0.4) is 0 Å². The fourth-order valence-corrected chi connectivity index (χ4v) is 5.48. The van der Waals surface area contributed by atoms with E-state index in [2.05, 4.69) is 16.0 Å². The SMILES string of the molecule is CO[C@@H]1C[C@H](C(=O)Nc2ccc(-n3cccc(NC(=O)C4CCCC4)c3=O)cc2F)N(C(=O)Nc2ccc(Cl)cc2)C1. The van der Waals surface area contributed by atoms with Crippen LogP contribution in [0.2, 0.25) is 5.02 Å². The molecule has 10 nitrogen and oxygen atoms in total. The molecule has 1 saturated carbocycles. The number of nitrogens with zero attached hydrogens (tertiary/aromatic N) is 2. The summed E-state index contributed by atoms with van der Waals surface area (Å²) in [6.45, 7) is 0.173. The Labute approximate surface area is 246 Å². The standard InChI is InChI=1S/C30H31ClFN5O5/c1-42-22-16-26(37(17-22)30(41)33-20-10-8-19(31)9-11-20)28(39)34-24-13-12-21(15-23(24)32)36-14-4-7-25(29(36)40)35-27(38)18-5-2-3-6-18/h4,7-15,18,22,26H,2-3,5-6,16-17H2,1H3,(H,33,41)(H,34,39)(H,35,38)/t22-,26-/m1/s1. The number of anilines is 3. The average molecular weight is 596 g/mol. The molecule has 12 heteroatoms. The Bertz CT molecular complexity index is 1540. The molecule has 2 atom stereocenters. The lowest BCUT2D eigenvalue weighted by molar-refractivity contribution is -0.120. The number of hydrogen-bond acceptors (Lipinski definition) is 5. The minimum Gasteiger partial charge on any atom is -0.380 e. The molecular formula is C30H31ClFN5O5. The van der Waals surface area contributed by atoms with Crippen LogP contribution in [0.5, 0.6) is 0 Å². The predicted octanol–water partition coefficient (Wildman–Crippen LogP) is 5.02. The van der Waals surface area contributed by atoms with Crippen molar-refractivity contribution in [2.24, 2.45) is 5.92 Å². The van der Waals surface area contributed by atoms with E-state index in [-0.39, 0.29) is 48.0 Å². The van der Waals surface area contributed by atoms with Crippen molar-refractivity contribution in [3.8, 4) is 5.69 Å². The second-order valence-corrected chi connectivity index (χ2v) is 10.9. The van der Waals surface area contributed by atoms with Gasteiger partial charge in [-0.05, 0) is 61.4 Å². The molecule has 0 bridgehead atoms. The lowest BCUT2D eigenvalue weighted by Crippen LogP contribution is -2.45. The van der Waals surface area contributed by atoms with E-state index in [1.807, 2.05) is 0 Å². The monoisotopic (exact) mass is 595 g/mol. The number of pyridine rings is 1. The molecule has 2 aliphatic rings.